The molecule has 0 fully saturated rings. The lowest BCUT2D eigenvalue weighted by Crippen LogP contribution is -2.22. The number of hydrogen-bond acceptors (Lipinski definition) is 3. The van der Waals surface area contributed by atoms with Crippen molar-refractivity contribution >= 4 is 11.0 Å². The molecule has 0 N–H and O–H groups in total. The second-order valence-corrected chi connectivity index (χ2v) is 8.51. The largest absolute Gasteiger partial charge is 0.331 e. The molecule has 4 rings (SSSR count). The van der Waals surface area contributed by atoms with Crippen molar-refractivity contribution in [1.29, 1.82) is 0 Å². The number of rotatable bonds is 6. The molecule has 0 atom stereocenters. The Balaban J connectivity index is 1.69. The first kappa shape index (κ1) is 20.2. The van der Waals surface area contributed by atoms with Crippen LogP contribution in [0.5, 0.6) is 0 Å². The van der Waals surface area contributed by atoms with Crippen molar-refractivity contribution in [1.82, 2.24) is 24.3 Å². The lowest BCUT2D eigenvalue weighted by atomic mass is 9.89. The number of alkyl halides is 2. The SMILES string of the molecule is Cc1nc2cc(-c3ncccc3-c3cnn(CC(C)(C)CC(F)F)c3)ccc2n1C. The summed E-state index contributed by atoms with van der Waals surface area (Å²) < 4.78 is 29.5. The smallest absolute Gasteiger partial charge is 0.239 e. The van der Waals surface area contributed by atoms with Crippen LogP contribution in [0.1, 0.15) is 26.1 Å². The van der Waals surface area contributed by atoms with Crippen LogP contribution in [0, 0.1) is 12.3 Å². The second-order valence-electron chi connectivity index (χ2n) is 8.51. The Morgan fingerprint density at radius 2 is 1.93 bits per heavy atom. The molecule has 0 aliphatic heterocycles. The number of fused-ring (bicyclic) bond motifs is 1. The molecule has 5 nitrogen and oxygen atoms in total. The molecule has 0 spiro atoms. The van der Waals surface area contributed by atoms with E-state index in [0.29, 0.717) is 6.54 Å². The Bertz CT molecular complexity index is 1190. The van der Waals surface area contributed by atoms with Crippen LogP contribution in [-0.4, -0.2) is 30.7 Å². The third-order valence-electron chi connectivity index (χ3n) is 5.43. The average Bonchev–Trinajstić information content (AvgIpc) is 3.24. The maximum absolute atomic E-state index is 12.8. The minimum absolute atomic E-state index is 0.163. The first-order valence-electron chi connectivity index (χ1n) is 9.93. The van der Waals surface area contributed by atoms with Gasteiger partial charge in [-0.25, -0.2) is 13.8 Å². The van der Waals surface area contributed by atoms with E-state index in [1.165, 1.54) is 0 Å². The molecule has 3 aromatic heterocycles. The van der Waals surface area contributed by atoms with Gasteiger partial charge in [0, 0.05) is 49.1 Å². The van der Waals surface area contributed by atoms with Crippen LogP contribution < -0.4 is 0 Å². The van der Waals surface area contributed by atoms with Gasteiger partial charge in [0.1, 0.15) is 5.82 Å². The Labute approximate surface area is 174 Å². The van der Waals surface area contributed by atoms with Crippen LogP contribution in [0.25, 0.3) is 33.4 Å². The summed E-state index contributed by atoms with van der Waals surface area (Å²) in [7, 11) is 2.00. The summed E-state index contributed by atoms with van der Waals surface area (Å²) >= 11 is 0. The zero-order valence-electron chi connectivity index (χ0n) is 17.6. The van der Waals surface area contributed by atoms with Gasteiger partial charge in [-0.3, -0.25) is 9.67 Å². The molecule has 0 aliphatic carbocycles. The van der Waals surface area contributed by atoms with Crippen molar-refractivity contribution in [3.05, 3.63) is 54.7 Å². The van der Waals surface area contributed by atoms with Gasteiger partial charge in [0.2, 0.25) is 6.43 Å². The maximum Gasteiger partial charge on any atom is 0.239 e. The molecule has 0 saturated heterocycles. The molecular weight excluding hydrogens is 384 g/mol. The molecule has 0 radical (unpaired) electrons. The Hall–Kier alpha value is -3.09. The molecule has 4 aromatic rings. The van der Waals surface area contributed by atoms with E-state index < -0.39 is 11.8 Å². The number of benzene rings is 1. The number of hydrogen-bond donors (Lipinski definition) is 0. The summed E-state index contributed by atoms with van der Waals surface area (Å²) in [4.78, 5) is 9.24. The van der Waals surface area contributed by atoms with Gasteiger partial charge >= 0.3 is 0 Å². The average molecular weight is 409 g/mol. The fraction of sp³-hybridized carbons (Fsp3) is 0.348. The van der Waals surface area contributed by atoms with Crippen LogP contribution in [0.3, 0.4) is 0 Å². The number of pyridine rings is 1. The number of halogens is 2. The lowest BCUT2D eigenvalue weighted by molar-refractivity contribution is 0.0778. The highest BCUT2D eigenvalue weighted by Gasteiger charge is 2.24. The first-order chi connectivity index (χ1) is 14.2. The zero-order chi connectivity index (χ0) is 21.5. The Morgan fingerprint density at radius 3 is 2.70 bits per heavy atom. The van der Waals surface area contributed by atoms with E-state index in [2.05, 4.69) is 25.7 Å². The summed E-state index contributed by atoms with van der Waals surface area (Å²) in [6.45, 7) is 6.07. The van der Waals surface area contributed by atoms with E-state index >= 15 is 0 Å². The molecule has 0 saturated carbocycles. The predicted molar refractivity (Wildman–Crippen MR) is 114 cm³/mol. The van der Waals surface area contributed by atoms with Gasteiger partial charge in [-0.1, -0.05) is 26.0 Å². The molecule has 1 aromatic carbocycles. The molecule has 3 heterocycles. The molecule has 7 heteroatoms. The van der Waals surface area contributed by atoms with Gasteiger partial charge in [0.25, 0.3) is 0 Å². The zero-order valence-corrected chi connectivity index (χ0v) is 17.6. The number of aromatic nitrogens is 5. The Morgan fingerprint density at radius 1 is 1.13 bits per heavy atom. The summed E-state index contributed by atoms with van der Waals surface area (Å²) in [5.74, 6) is 0.955. The van der Waals surface area contributed by atoms with E-state index in [-0.39, 0.29) is 6.42 Å². The third kappa shape index (κ3) is 3.97. The van der Waals surface area contributed by atoms with Crippen LogP contribution >= 0.6 is 0 Å². The lowest BCUT2D eigenvalue weighted by Gasteiger charge is -2.23. The van der Waals surface area contributed by atoms with Gasteiger partial charge in [-0.2, -0.15) is 5.10 Å². The Kier molecular flexibility index (Phi) is 5.13. The van der Waals surface area contributed by atoms with Gasteiger partial charge in [0.05, 0.1) is 22.9 Å². The highest BCUT2D eigenvalue weighted by atomic mass is 19.3. The molecule has 156 valence electrons. The maximum atomic E-state index is 12.8. The minimum atomic E-state index is -2.33. The molecule has 0 unspecified atom stereocenters. The summed E-state index contributed by atoms with van der Waals surface area (Å²) in [5, 5.41) is 4.41. The second kappa shape index (κ2) is 7.63. The van der Waals surface area contributed by atoms with Gasteiger partial charge in [0.15, 0.2) is 0 Å². The van der Waals surface area contributed by atoms with Crippen molar-refractivity contribution in [2.75, 3.05) is 0 Å². The molecule has 0 bridgehead atoms. The van der Waals surface area contributed by atoms with Crippen molar-refractivity contribution in [3.63, 3.8) is 0 Å². The summed E-state index contributed by atoms with van der Waals surface area (Å²) in [5.41, 5.74) is 5.12. The van der Waals surface area contributed by atoms with Crippen LogP contribution in [0.2, 0.25) is 0 Å². The van der Waals surface area contributed by atoms with Crippen molar-refractivity contribution < 1.29 is 8.78 Å². The van der Waals surface area contributed by atoms with Crippen molar-refractivity contribution in [2.24, 2.45) is 12.5 Å². The van der Waals surface area contributed by atoms with Crippen molar-refractivity contribution in [2.45, 2.75) is 40.2 Å². The molecule has 0 amide bonds. The monoisotopic (exact) mass is 409 g/mol. The molecule has 0 aliphatic rings. The van der Waals surface area contributed by atoms with E-state index in [9.17, 15) is 8.78 Å². The van der Waals surface area contributed by atoms with Crippen LogP contribution in [0.15, 0.2) is 48.9 Å². The molecule has 30 heavy (non-hydrogen) atoms. The van der Waals surface area contributed by atoms with E-state index in [1.54, 1.807) is 17.1 Å². The van der Waals surface area contributed by atoms with E-state index in [0.717, 1.165) is 39.2 Å². The highest BCUT2D eigenvalue weighted by molar-refractivity contribution is 5.86. The van der Waals surface area contributed by atoms with Gasteiger partial charge in [-0.05, 0) is 30.5 Å². The quantitative estimate of drug-likeness (QED) is 0.423. The van der Waals surface area contributed by atoms with Crippen LogP contribution in [-0.2, 0) is 13.6 Å². The fourth-order valence-corrected chi connectivity index (χ4v) is 3.85. The fourth-order valence-electron chi connectivity index (χ4n) is 3.85. The van der Waals surface area contributed by atoms with Crippen LogP contribution in [0.4, 0.5) is 8.78 Å². The number of aryl methyl sites for hydroxylation is 2. The summed E-state index contributed by atoms with van der Waals surface area (Å²) in [6, 6.07) is 10.0. The summed E-state index contributed by atoms with van der Waals surface area (Å²) in [6.07, 6.45) is 2.94. The van der Waals surface area contributed by atoms with E-state index in [1.807, 2.05) is 58.3 Å². The third-order valence-corrected chi connectivity index (χ3v) is 5.43. The predicted octanol–water partition coefficient (Wildman–Crippen LogP) is 5.49. The van der Waals surface area contributed by atoms with Gasteiger partial charge in [-0.15, -0.1) is 0 Å². The first-order valence-corrected chi connectivity index (χ1v) is 9.93. The number of imidazole rings is 1. The topological polar surface area (TPSA) is 48.5 Å². The van der Waals surface area contributed by atoms with Crippen molar-refractivity contribution in [3.8, 4) is 22.4 Å². The normalized spacial score (nSPS) is 12.2. The van der Waals surface area contributed by atoms with E-state index in [4.69, 9.17) is 0 Å². The molecular formula is C23H25F2N5. The standard InChI is InChI=1S/C23H25F2N5/c1-15-28-19-10-16(7-8-20(19)29(15)4)22-18(6-5-9-26-22)17-12-27-30(13-17)14-23(2,3)11-21(24)25/h5-10,12-13,21H,11,14H2,1-4H3. The number of nitrogens with zero attached hydrogens (tertiary/aromatic N) is 5. The van der Waals surface area contributed by atoms with Gasteiger partial charge < -0.3 is 4.57 Å². The highest BCUT2D eigenvalue weighted by Crippen LogP contribution is 2.33. The minimum Gasteiger partial charge on any atom is -0.331 e.